The number of rotatable bonds is 2. The zero-order valence-corrected chi connectivity index (χ0v) is 22.6. The van der Waals surface area contributed by atoms with Gasteiger partial charge in [0.1, 0.15) is 0 Å². The van der Waals surface area contributed by atoms with E-state index in [0.29, 0.717) is 11.1 Å². The molecule has 4 nitrogen and oxygen atoms in total. The van der Waals surface area contributed by atoms with Gasteiger partial charge in [-0.3, -0.25) is 0 Å². The van der Waals surface area contributed by atoms with E-state index < -0.39 is 0 Å². The number of anilines is 3. The summed E-state index contributed by atoms with van der Waals surface area (Å²) in [7, 11) is 0. The van der Waals surface area contributed by atoms with Crippen LogP contribution in [0.3, 0.4) is 0 Å². The fourth-order valence-electron chi connectivity index (χ4n) is 4.32. The molecule has 0 saturated heterocycles. The first-order valence-electron chi connectivity index (χ1n) is 11.0. The van der Waals surface area contributed by atoms with Crippen molar-refractivity contribution < 1.29 is 11.0 Å². The van der Waals surface area contributed by atoms with Gasteiger partial charge >= 0.3 is 216 Å². The summed E-state index contributed by atoms with van der Waals surface area (Å²) in [5, 5.41) is 1.02. The van der Waals surface area contributed by atoms with Crippen LogP contribution in [-0.4, -0.2) is 60.5 Å². The number of pyridine rings is 1. The van der Waals surface area contributed by atoms with E-state index in [4.69, 9.17) is 1.37 Å². The van der Waals surface area contributed by atoms with Crippen molar-refractivity contribution in [1.29, 1.82) is 0 Å². The van der Waals surface area contributed by atoms with Crippen LogP contribution in [-0.2, 0) is 0 Å². The van der Waals surface area contributed by atoms with Crippen molar-refractivity contribution in [2.75, 3.05) is 4.90 Å². The van der Waals surface area contributed by atoms with Crippen molar-refractivity contribution in [3.63, 3.8) is 0 Å². The first kappa shape index (κ1) is 19.5. The molecular weight excluding hydrogens is 621 g/mol. The molecule has 5 aromatic rings. The number of benzene rings is 2. The summed E-state index contributed by atoms with van der Waals surface area (Å²) in [6, 6.07) is 22.1. The predicted octanol–water partition coefficient (Wildman–Crippen LogP) is 3.25. The van der Waals surface area contributed by atoms with Crippen LogP contribution < -0.4 is 13.8 Å². The first-order valence-corrected chi connectivity index (χ1v) is 15.8. The molecule has 4 heterocycles. The zero-order chi connectivity index (χ0) is 23.7. The summed E-state index contributed by atoms with van der Waals surface area (Å²) >= 11 is 0.113. The molecule has 0 saturated carbocycles. The number of carbonyl (C=O) groups is 2. The molecule has 0 spiro atoms. The Morgan fingerprint density at radius 2 is 1.74 bits per heavy atom. The molecule has 1 aliphatic heterocycles. The summed E-state index contributed by atoms with van der Waals surface area (Å²) in [5.41, 5.74) is 2.00. The molecule has 0 N–H and O–H groups in total. The van der Waals surface area contributed by atoms with Gasteiger partial charge < -0.3 is 0 Å². The van der Waals surface area contributed by atoms with Gasteiger partial charge in [-0.05, 0) is 0 Å². The Balaban J connectivity index is 1.33. The fraction of sp³-hybridized carbons (Fsp3) is 0. The predicted molar refractivity (Wildman–Crippen MR) is 138 cm³/mol. The number of nitrogens with zero attached hydrogens (tertiary/aromatic N) is 2. The van der Waals surface area contributed by atoms with Crippen LogP contribution in [0, 0.1) is 0 Å². The van der Waals surface area contributed by atoms with Crippen LogP contribution in [0.15, 0.2) is 83.4 Å². The molecule has 0 fully saturated rings. The van der Waals surface area contributed by atoms with Gasteiger partial charge in [0.25, 0.3) is 0 Å². The molecule has 2 aromatic carbocycles. The second-order valence-electron chi connectivity index (χ2n) is 7.88. The number of para-hydroxylation sites is 1. The third-order valence-corrected chi connectivity index (χ3v) is 12.1. The van der Waals surface area contributed by atoms with Gasteiger partial charge in [-0.15, -0.1) is 0 Å². The van der Waals surface area contributed by atoms with Crippen molar-refractivity contribution in [2.45, 2.75) is 0 Å². The van der Waals surface area contributed by atoms with E-state index in [1.807, 2.05) is 48.7 Å². The van der Waals surface area contributed by atoms with Crippen LogP contribution >= 0.6 is 0 Å². The van der Waals surface area contributed by atoms with Gasteiger partial charge in [-0.2, -0.15) is 0 Å². The van der Waals surface area contributed by atoms with Gasteiger partial charge in [0.15, 0.2) is 0 Å². The monoisotopic (exact) mass is 639 g/mol. The molecule has 162 valence electrons. The Hall–Kier alpha value is -2.75. The second kappa shape index (κ2) is 7.90. The number of allylic oxidation sites excluding steroid dienone is 1. The van der Waals surface area contributed by atoms with Gasteiger partial charge in [0, 0.05) is 0 Å². The maximum atomic E-state index is 13.2. The van der Waals surface area contributed by atoms with E-state index in [1.54, 1.807) is 0 Å². The van der Waals surface area contributed by atoms with Crippen molar-refractivity contribution in [3.8, 4) is 0 Å². The summed E-state index contributed by atoms with van der Waals surface area (Å²) in [6.07, 6.45) is 1.81. The zero-order valence-electron chi connectivity index (χ0n) is 18.4. The maximum absolute atomic E-state index is 13.2. The molecular formula is C27H14N2O2Se3. The Morgan fingerprint density at radius 3 is 2.65 bits per heavy atom. The molecule has 3 aromatic heterocycles. The molecule has 7 heteroatoms. The Bertz CT molecular complexity index is 1650. The average molecular weight is 636 g/mol. The number of carbonyl (C=O) groups excluding carboxylic acids is 2. The number of fused-ring (bicyclic) bond motifs is 4. The molecule has 34 heavy (non-hydrogen) atoms. The number of Topliss-reactive ketones (excluding diaryl/α,β-unsaturated/α-hetero) is 2. The first-order chi connectivity index (χ1) is 17.1. The van der Waals surface area contributed by atoms with E-state index >= 15 is 0 Å². The Kier molecular flexibility index (Phi) is 4.54. The molecule has 0 unspecified atom stereocenters. The summed E-state index contributed by atoms with van der Waals surface area (Å²) in [4.78, 5) is 35.5. The van der Waals surface area contributed by atoms with Gasteiger partial charge in [0.05, 0.1) is 0 Å². The minimum atomic E-state index is -0.325. The SMILES string of the molecule is [2H]/C(=C1/C(=O)c2cc3cc[se]c3cc2C1=O)c1ccc(N2c3ccccc3[Se]c3cccnc32)[se]1. The van der Waals surface area contributed by atoms with Crippen molar-refractivity contribution in [2.24, 2.45) is 0 Å². The van der Waals surface area contributed by atoms with E-state index in [-0.39, 0.29) is 67.2 Å². The van der Waals surface area contributed by atoms with E-state index in [2.05, 4.69) is 39.1 Å². The van der Waals surface area contributed by atoms with Crippen LogP contribution in [0.1, 0.15) is 26.5 Å². The number of hydrogen-bond donors (Lipinski definition) is 0. The van der Waals surface area contributed by atoms with E-state index in [9.17, 15) is 9.59 Å². The number of ketones is 2. The van der Waals surface area contributed by atoms with Gasteiger partial charge in [0.2, 0.25) is 0 Å². The van der Waals surface area contributed by atoms with Crippen LogP contribution in [0.4, 0.5) is 16.1 Å². The molecule has 0 atom stereocenters. The molecule has 1 aliphatic carbocycles. The average Bonchev–Trinajstić information content (AvgIpc) is 3.60. The molecule has 2 aliphatic rings. The number of aromatic nitrogens is 1. The molecule has 7 rings (SSSR count). The van der Waals surface area contributed by atoms with Crippen molar-refractivity contribution in [1.82, 2.24) is 4.98 Å². The van der Waals surface area contributed by atoms with Gasteiger partial charge in [-0.1, -0.05) is 0 Å². The third-order valence-electron chi connectivity index (χ3n) is 5.89. The standard InChI is InChI=1S/C27H14N2O2Se3/c30-25-17-12-15-9-11-32-23(15)14-18(17)26(31)19(25)13-16-7-8-24(33-16)29-20-4-1-2-5-21(20)34-22-6-3-10-28-27(22)29/h1-14H/b19-13+/i13D. The van der Waals surface area contributed by atoms with Gasteiger partial charge in [-0.25, -0.2) is 0 Å². The minimum absolute atomic E-state index is 0.00355. The number of hydrogen-bond acceptors (Lipinski definition) is 4. The normalized spacial score (nSPS) is 16.4. The summed E-state index contributed by atoms with van der Waals surface area (Å²) in [5.74, 6) is 0.287. The van der Waals surface area contributed by atoms with Crippen LogP contribution in [0.5, 0.6) is 0 Å². The van der Waals surface area contributed by atoms with Crippen molar-refractivity contribution in [3.05, 3.63) is 99.0 Å². The van der Waals surface area contributed by atoms with Crippen LogP contribution in [0.25, 0.3) is 15.7 Å². The summed E-state index contributed by atoms with van der Waals surface area (Å²) < 4.78 is 14.3. The van der Waals surface area contributed by atoms with E-state index in [0.717, 1.165) is 30.2 Å². The fourth-order valence-corrected chi connectivity index (χ4v) is 10.1. The summed E-state index contributed by atoms with van der Waals surface area (Å²) in [6.45, 7) is 0. The van der Waals surface area contributed by atoms with Crippen molar-refractivity contribution >= 4 is 96.2 Å². The molecule has 0 radical (unpaired) electrons. The molecule has 0 bridgehead atoms. The topological polar surface area (TPSA) is 50.3 Å². The van der Waals surface area contributed by atoms with Crippen LogP contribution in [0.2, 0.25) is 0 Å². The van der Waals surface area contributed by atoms with E-state index in [1.165, 1.54) is 8.92 Å². The molecule has 0 amide bonds. The second-order valence-corrected chi connectivity index (χ2v) is 14.4. The Morgan fingerprint density at radius 1 is 0.912 bits per heavy atom. The third kappa shape index (κ3) is 3.14. The quantitative estimate of drug-likeness (QED) is 0.167. The Labute approximate surface area is 215 Å².